The van der Waals surface area contributed by atoms with Gasteiger partial charge in [0.1, 0.15) is 5.78 Å². The van der Waals surface area contributed by atoms with E-state index in [1.54, 1.807) is 0 Å². The van der Waals surface area contributed by atoms with Crippen LogP contribution in [0.1, 0.15) is 90.9 Å². The van der Waals surface area contributed by atoms with Crippen molar-refractivity contribution in [1.82, 2.24) is 5.32 Å². The molecule has 0 aliphatic carbocycles. The molecule has 1 fully saturated rings. The smallest absolute Gasteiger partial charge is 0.140 e. The lowest BCUT2D eigenvalue weighted by molar-refractivity contribution is -0.130. The number of unbranched alkanes of at least 4 members (excludes halogenated alkanes) is 7. The minimum Gasteiger partial charge on any atom is -0.316 e. The predicted octanol–water partition coefficient (Wildman–Crippen LogP) is 4.87. The highest BCUT2D eigenvalue weighted by Gasteiger charge is 2.36. The summed E-state index contributed by atoms with van der Waals surface area (Å²) in [4.78, 5) is 12.5. The van der Waals surface area contributed by atoms with Crippen LogP contribution in [0.3, 0.4) is 0 Å². The van der Waals surface area contributed by atoms with Crippen molar-refractivity contribution in [3.8, 4) is 0 Å². The van der Waals surface area contributed by atoms with Gasteiger partial charge < -0.3 is 5.32 Å². The van der Waals surface area contributed by atoms with Crippen molar-refractivity contribution in [3.63, 3.8) is 0 Å². The molecule has 20 heavy (non-hydrogen) atoms. The van der Waals surface area contributed by atoms with Crippen LogP contribution < -0.4 is 5.32 Å². The van der Waals surface area contributed by atoms with Crippen LogP contribution in [0.4, 0.5) is 0 Å². The normalized spacial score (nSPS) is 22.9. The first-order valence-corrected chi connectivity index (χ1v) is 8.99. The number of nitrogens with one attached hydrogen (secondary N) is 1. The third-order valence-electron chi connectivity index (χ3n) is 5.00. The van der Waals surface area contributed by atoms with Gasteiger partial charge in [0, 0.05) is 18.4 Å². The van der Waals surface area contributed by atoms with Crippen molar-refractivity contribution in [2.45, 2.75) is 90.9 Å². The van der Waals surface area contributed by atoms with Gasteiger partial charge in [0.2, 0.25) is 0 Å². The molecule has 0 aromatic heterocycles. The quantitative estimate of drug-likeness (QED) is 0.548. The molecule has 0 saturated carbocycles. The second-order valence-corrected chi connectivity index (χ2v) is 6.56. The summed E-state index contributed by atoms with van der Waals surface area (Å²) in [5.74, 6) is 0.526. The van der Waals surface area contributed by atoms with E-state index in [1.165, 1.54) is 44.9 Å². The monoisotopic (exact) mass is 281 g/mol. The SMILES string of the molecule is CCCCCCCCCCC(=O)C1(CC)CCCNC1. The molecule has 1 saturated heterocycles. The molecule has 1 N–H and O–H groups in total. The number of carbonyl (C=O) groups is 1. The molecule has 1 aliphatic heterocycles. The van der Waals surface area contributed by atoms with Crippen LogP contribution in [0.2, 0.25) is 0 Å². The molecule has 1 aliphatic rings. The van der Waals surface area contributed by atoms with Crippen molar-refractivity contribution in [2.75, 3.05) is 13.1 Å². The van der Waals surface area contributed by atoms with E-state index in [0.29, 0.717) is 5.78 Å². The first-order valence-electron chi connectivity index (χ1n) is 8.99. The van der Waals surface area contributed by atoms with Crippen LogP contribution in [-0.4, -0.2) is 18.9 Å². The number of hydrogen-bond acceptors (Lipinski definition) is 2. The Morgan fingerprint density at radius 2 is 1.65 bits per heavy atom. The van der Waals surface area contributed by atoms with Crippen molar-refractivity contribution in [2.24, 2.45) is 5.41 Å². The molecule has 1 rings (SSSR count). The molecular weight excluding hydrogens is 246 g/mol. The molecule has 0 bridgehead atoms. The molecular formula is C18H35NO. The van der Waals surface area contributed by atoms with E-state index in [1.807, 2.05) is 0 Å². The lowest BCUT2D eigenvalue weighted by Gasteiger charge is -2.35. The number of piperidine rings is 1. The third kappa shape index (κ3) is 5.95. The van der Waals surface area contributed by atoms with E-state index in [2.05, 4.69) is 19.2 Å². The van der Waals surface area contributed by atoms with Crippen LogP contribution in [0.5, 0.6) is 0 Å². The highest BCUT2D eigenvalue weighted by Crippen LogP contribution is 2.32. The number of ketones is 1. The standard InChI is InChI=1S/C18H35NO/c1-3-5-6-7-8-9-10-11-13-17(20)18(4-2)14-12-15-19-16-18/h19H,3-16H2,1-2H3. The van der Waals surface area contributed by atoms with Crippen LogP contribution in [-0.2, 0) is 4.79 Å². The molecule has 0 aromatic rings. The second-order valence-electron chi connectivity index (χ2n) is 6.56. The Morgan fingerprint density at radius 3 is 2.20 bits per heavy atom. The molecule has 0 spiro atoms. The van der Waals surface area contributed by atoms with E-state index in [9.17, 15) is 4.79 Å². The Kier molecular flexibility index (Phi) is 9.17. The Bertz CT molecular complexity index is 256. The van der Waals surface area contributed by atoms with Crippen LogP contribution >= 0.6 is 0 Å². The van der Waals surface area contributed by atoms with E-state index in [-0.39, 0.29) is 5.41 Å². The zero-order chi connectivity index (χ0) is 14.7. The first kappa shape index (κ1) is 17.7. The molecule has 1 heterocycles. The topological polar surface area (TPSA) is 29.1 Å². The maximum atomic E-state index is 12.5. The van der Waals surface area contributed by atoms with Gasteiger partial charge in [-0.3, -0.25) is 4.79 Å². The van der Waals surface area contributed by atoms with Crippen molar-refractivity contribution in [3.05, 3.63) is 0 Å². The van der Waals surface area contributed by atoms with Gasteiger partial charge in [-0.05, 0) is 32.2 Å². The summed E-state index contributed by atoms with van der Waals surface area (Å²) < 4.78 is 0. The summed E-state index contributed by atoms with van der Waals surface area (Å²) in [5.41, 5.74) is -0.0284. The van der Waals surface area contributed by atoms with Crippen LogP contribution in [0, 0.1) is 5.41 Å². The van der Waals surface area contributed by atoms with Gasteiger partial charge in [0.15, 0.2) is 0 Å². The zero-order valence-electron chi connectivity index (χ0n) is 13.8. The summed E-state index contributed by atoms with van der Waals surface area (Å²) >= 11 is 0. The first-order chi connectivity index (χ1) is 9.75. The largest absolute Gasteiger partial charge is 0.316 e. The minimum absolute atomic E-state index is 0.0284. The fourth-order valence-electron chi connectivity index (χ4n) is 3.39. The molecule has 0 aromatic carbocycles. The van der Waals surface area contributed by atoms with Crippen LogP contribution in [0.15, 0.2) is 0 Å². The average Bonchev–Trinajstić information content (AvgIpc) is 2.50. The molecule has 0 radical (unpaired) electrons. The maximum absolute atomic E-state index is 12.5. The number of rotatable bonds is 11. The van der Waals surface area contributed by atoms with E-state index in [4.69, 9.17) is 0 Å². The molecule has 2 heteroatoms. The minimum atomic E-state index is -0.0284. The van der Waals surface area contributed by atoms with Gasteiger partial charge in [0.05, 0.1) is 0 Å². The highest BCUT2D eigenvalue weighted by atomic mass is 16.1. The number of carbonyl (C=O) groups excluding carboxylic acids is 1. The fraction of sp³-hybridized carbons (Fsp3) is 0.944. The van der Waals surface area contributed by atoms with Crippen molar-refractivity contribution >= 4 is 5.78 Å². The highest BCUT2D eigenvalue weighted by molar-refractivity contribution is 5.85. The Morgan fingerprint density at radius 1 is 1.00 bits per heavy atom. The summed E-state index contributed by atoms with van der Waals surface area (Å²) in [6.45, 7) is 6.44. The summed E-state index contributed by atoms with van der Waals surface area (Å²) in [7, 11) is 0. The average molecular weight is 281 g/mol. The number of hydrogen-bond donors (Lipinski definition) is 1. The Balaban J connectivity index is 2.09. The van der Waals surface area contributed by atoms with E-state index >= 15 is 0 Å². The zero-order valence-corrected chi connectivity index (χ0v) is 13.8. The fourth-order valence-corrected chi connectivity index (χ4v) is 3.39. The third-order valence-corrected chi connectivity index (χ3v) is 5.00. The van der Waals surface area contributed by atoms with E-state index < -0.39 is 0 Å². The van der Waals surface area contributed by atoms with Gasteiger partial charge >= 0.3 is 0 Å². The predicted molar refractivity (Wildman–Crippen MR) is 87.1 cm³/mol. The summed E-state index contributed by atoms with van der Waals surface area (Å²) in [6, 6.07) is 0. The molecule has 2 nitrogen and oxygen atoms in total. The summed E-state index contributed by atoms with van der Waals surface area (Å²) in [5, 5.41) is 3.42. The van der Waals surface area contributed by atoms with Crippen molar-refractivity contribution < 1.29 is 4.79 Å². The lowest BCUT2D eigenvalue weighted by Crippen LogP contribution is -2.45. The maximum Gasteiger partial charge on any atom is 0.140 e. The molecule has 1 atom stereocenters. The van der Waals surface area contributed by atoms with E-state index in [0.717, 1.165) is 45.2 Å². The summed E-state index contributed by atoms with van der Waals surface area (Å²) in [6.07, 6.45) is 14.6. The Labute approximate surface area is 126 Å². The second kappa shape index (κ2) is 10.4. The lowest BCUT2D eigenvalue weighted by atomic mass is 9.73. The molecule has 118 valence electrons. The molecule has 0 amide bonds. The molecule has 1 unspecified atom stereocenters. The van der Waals surface area contributed by atoms with Gasteiger partial charge in [-0.1, -0.05) is 58.8 Å². The van der Waals surface area contributed by atoms with Gasteiger partial charge in [0.25, 0.3) is 0 Å². The van der Waals surface area contributed by atoms with Gasteiger partial charge in [-0.2, -0.15) is 0 Å². The Hall–Kier alpha value is -0.370. The van der Waals surface area contributed by atoms with Crippen LogP contribution in [0.25, 0.3) is 0 Å². The number of Topliss-reactive ketones (excluding diaryl/α,β-unsaturated/α-hetero) is 1. The van der Waals surface area contributed by atoms with Gasteiger partial charge in [-0.25, -0.2) is 0 Å². The van der Waals surface area contributed by atoms with Gasteiger partial charge in [-0.15, -0.1) is 0 Å². The van der Waals surface area contributed by atoms with Crippen molar-refractivity contribution in [1.29, 1.82) is 0 Å².